The Morgan fingerprint density at radius 2 is 1.73 bits per heavy atom. The average molecular weight is 454 g/mol. The van der Waals surface area contributed by atoms with Gasteiger partial charge in [0.2, 0.25) is 0 Å². The van der Waals surface area contributed by atoms with Crippen LogP contribution in [0, 0.1) is 0 Å². The van der Waals surface area contributed by atoms with Crippen LogP contribution in [0.3, 0.4) is 0 Å². The first-order valence-electron chi connectivity index (χ1n) is 10.7. The number of nitrogens with zero attached hydrogens (tertiary/aromatic N) is 2. The third-order valence-electron chi connectivity index (χ3n) is 5.79. The molecule has 0 aliphatic carbocycles. The second-order valence-corrected chi connectivity index (χ2v) is 8.28. The molecule has 4 aromatic rings. The number of nitrogens with one attached hydrogen (secondary N) is 1. The lowest BCUT2D eigenvalue weighted by atomic mass is 9.98. The van der Waals surface area contributed by atoms with Gasteiger partial charge < -0.3 is 10.1 Å². The second-order valence-electron chi connectivity index (χ2n) is 7.76. The summed E-state index contributed by atoms with van der Waals surface area (Å²) in [6.45, 7) is 0. The largest absolute Gasteiger partial charge is 0.496 e. The molecule has 0 saturated heterocycles. The van der Waals surface area contributed by atoms with Crippen molar-refractivity contribution in [1.82, 2.24) is 4.98 Å². The van der Waals surface area contributed by atoms with Crippen molar-refractivity contribution in [1.29, 1.82) is 0 Å². The van der Waals surface area contributed by atoms with Crippen LogP contribution in [0.1, 0.15) is 38.6 Å². The van der Waals surface area contributed by atoms with Crippen molar-refractivity contribution in [3.63, 3.8) is 0 Å². The van der Waals surface area contributed by atoms with Gasteiger partial charge in [0.05, 0.1) is 23.6 Å². The van der Waals surface area contributed by atoms with Crippen molar-refractivity contribution in [2.45, 2.75) is 11.4 Å². The van der Waals surface area contributed by atoms with E-state index in [-0.39, 0.29) is 11.2 Å². The van der Waals surface area contributed by atoms with Gasteiger partial charge >= 0.3 is 0 Å². The Balaban J connectivity index is 1.63. The highest BCUT2D eigenvalue weighted by Gasteiger charge is 2.34. The molecule has 1 N–H and O–H groups in total. The topological polar surface area (TPSA) is 54.5 Å². The second kappa shape index (κ2) is 9.00. The van der Waals surface area contributed by atoms with E-state index in [0.29, 0.717) is 5.56 Å². The van der Waals surface area contributed by atoms with Crippen LogP contribution in [0.4, 0.5) is 11.4 Å². The summed E-state index contributed by atoms with van der Waals surface area (Å²) in [6.07, 6.45) is 1.35. The fourth-order valence-electron chi connectivity index (χ4n) is 4.18. The first-order chi connectivity index (χ1) is 16.2. The number of carbonyl (C=O) groups excluding carboxylic acids is 1. The Hall–Kier alpha value is -3.77. The molecule has 6 heteroatoms. The van der Waals surface area contributed by atoms with Crippen molar-refractivity contribution in [3.8, 4) is 5.75 Å². The molecule has 1 amide bonds. The van der Waals surface area contributed by atoms with Gasteiger partial charge in [-0.25, -0.2) is 0 Å². The summed E-state index contributed by atoms with van der Waals surface area (Å²) in [7, 11) is 1.65. The number of thiol groups is 1. The van der Waals surface area contributed by atoms with Crippen molar-refractivity contribution >= 4 is 29.9 Å². The highest BCUT2D eigenvalue weighted by atomic mass is 32.1. The molecular formula is C27H23N3O2S. The molecule has 2 heterocycles. The molecule has 5 rings (SSSR count). The number of hydrogen-bond acceptors (Lipinski definition) is 5. The van der Waals surface area contributed by atoms with E-state index in [1.165, 1.54) is 0 Å². The molecule has 0 saturated carbocycles. The van der Waals surface area contributed by atoms with Crippen LogP contribution in [0.5, 0.6) is 5.75 Å². The Morgan fingerprint density at radius 3 is 2.48 bits per heavy atom. The molecule has 0 spiro atoms. The van der Waals surface area contributed by atoms with Crippen LogP contribution >= 0.6 is 12.6 Å². The molecule has 3 aromatic carbocycles. The quantitative estimate of drug-likeness (QED) is 0.371. The SMILES string of the molecule is COc1ccc(C2Nc3ccccc3C(=O)N2c2ccccc2)cc1C(S)c1ccccn1. The van der Waals surface area contributed by atoms with Crippen LogP contribution < -0.4 is 15.0 Å². The standard InChI is InChI=1S/C27H23N3O2S/c1-32-24-15-14-18(17-21(24)25(33)23-13-7-8-16-28-23)26-29-22-12-6-5-11-20(22)27(31)30(26)19-9-3-2-4-10-19/h2-17,25-26,29,33H,1H3. The minimum atomic E-state index is -0.399. The highest BCUT2D eigenvalue weighted by Crippen LogP contribution is 2.40. The van der Waals surface area contributed by atoms with Crippen molar-refractivity contribution in [3.05, 3.63) is 120 Å². The van der Waals surface area contributed by atoms with Gasteiger partial charge in [-0.2, -0.15) is 12.6 Å². The first-order valence-corrected chi connectivity index (χ1v) is 11.2. The molecule has 0 bridgehead atoms. The van der Waals surface area contributed by atoms with Crippen molar-refractivity contribution in [2.75, 3.05) is 17.3 Å². The maximum Gasteiger partial charge on any atom is 0.262 e. The van der Waals surface area contributed by atoms with E-state index in [1.807, 2.05) is 91.0 Å². The molecule has 5 nitrogen and oxygen atoms in total. The van der Waals surface area contributed by atoms with E-state index in [1.54, 1.807) is 18.2 Å². The Morgan fingerprint density at radius 1 is 0.970 bits per heavy atom. The number of rotatable bonds is 5. The molecule has 1 aliphatic heterocycles. The molecule has 2 atom stereocenters. The normalized spacial score (nSPS) is 16.0. The lowest BCUT2D eigenvalue weighted by Gasteiger charge is -2.38. The number of hydrogen-bond donors (Lipinski definition) is 2. The van der Waals surface area contributed by atoms with Crippen LogP contribution in [-0.4, -0.2) is 18.0 Å². The van der Waals surface area contributed by atoms with Crippen molar-refractivity contribution < 1.29 is 9.53 Å². The van der Waals surface area contributed by atoms with Crippen LogP contribution in [0.25, 0.3) is 0 Å². The van der Waals surface area contributed by atoms with E-state index in [4.69, 9.17) is 17.4 Å². The van der Waals surface area contributed by atoms with Gasteiger partial charge in [-0.1, -0.05) is 42.5 Å². The fourth-order valence-corrected chi connectivity index (χ4v) is 4.53. The summed E-state index contributed by atoms with van der Waals surface area (Å²) in [6, 6.07) is 29.0. The number of para-hydroxylation sites is 2. The van der Waals surface area contributed by atoms with Gasteiger partial charge in [-0.15, -0.1) is 0 Å². The van der Waals surface area contributed by atoms with E-state index < -0.39 is 6.17 Å². The third-order valence-corrected chi connectivity index (χ3v) is 6.34. The molecule has 0 fully saturated rings. The minimum Gasteiger partial charge on any atom is -0.496 e. The number of fused-ring (bicyclic) bond motifs is 1. The maximum absolute atomic E-state index is 13.6. The monoisotopic (exact) mass is 453 g/mol. The average Bonchev–Trinajstić information content (AvgIpc) is 2.89. The van der Waals surface area contributed by atoms with Gasteiger partial charge in [0.1, 0.15) is 11.9 Å². The summed E-state index contributed by atoms with van der Waals surface area (Å²) < 4.78 is 5.64. The number of pyridine rings is 1. The van der Waals surface area contributed by atoms with Gasteiger partial charge in [-0.05, 0) is 54.1 Å². The molecule has 1 aromatic heterocycles. The fraction of sp³-hybridized carbons (Fsp3) is 0.111. The van der Waals surface area contributed by atoms with Gasteiger partial charge in [0, 0.05) is 23.1 Å². The van der Waals surface area contributed by atoms with Crippen LogP contribution in [0.15, 0.2) is 97.2 Å². The van der Waals surface area contributed by atoms with E-state index in [0.717, 1.165) is 33.9 Å². The van der Waals surface area contributed by atoms with Gasteiger partial charge in [-0.3, -0.25) is 14.7 Å². The number of carbonyl (C=O) groups is 1. The van der Waals surface area contributed by atoms with E-state index >= 15 is 0 Å². The lowest BCUT2D eigenvalue weighted by Crippen LogP contribution is -2.43. The third kappa shape index (κ3) is 3.94. The number of amides is 1. The van der Waals surface area contributed by atoms with Crippen LogP contribution in [-0.2, 0) is 0 Å². The molecule has 164 valence electrons. The zero-order valence-electron chi connectivity index (χ0n) is 18.1. The summed E-state index contributed by atoms with van der Waals surface area (Å²) >= 11 is 4.86. The highest BCUT2D eigenvalue weighted by molar-refractivity contribution is 7.80. The number of aromatic nitrogens is 1. The maximum atomic E-state index is 13.6. The lowest BCUT2D eigenvalue weighted by molar-refractivity contribution is 0.0975. The number of benzene rings is 3. The first kappa shape index (κ1) is 21.1. The molecule has 33 heavy (non-hydrogen) atoms. The Bertz CT molecular complexity index is 1280. The van der Waals surface area contributed by atoms with Crippen LogP contribution in [0.2, 0.25) is 0 Å². The molecule has 1 aliphatic rings. The molecular weight excluding hydrogens is 430 g/mol. The van der Waals surface area contributed by atoms with Gasteiger partial charge in [0.15, 0.2) is 0 Å². The summed E-state index contributed by atoms with van der Waals surface area (Å²) in [4.78, 5) is 19.9. The number of ether oxygens (including phenoxy) is 1. The Labute approximate surface area is 198 Å². The minimum absolute atomic E-state index is 0.0509. The number of methoxy groups -OCH3 is 1. The summed E-state index contributed by atoms with van der Waals surface area (Å²) in [5.41, 5.74) is 4.91. The van der Waals surface area contributed by atoms with Crippen molar-refractivity contribution in [2.24, 2.45) is 0 Å². The molecule has 0 radical (unpaired) electrons. The summed E-state index contributed by atoms with van der Waals surface area (Å²) in [5.74, 6) is 0.670. The molecule has 2 unspecified atom stereocenters. The zero-order valence-corrected chi connectivity index (χ0v) is 18.9. The Kier molecular flexibility index (Phi) is 5.75. The smallest absolute Gasteiger partial charge is 0.262 e. The number of anilines is 2. The summed E-state index contributed by atoms with van der Waals surface area (Å²) in [5, 5.41) is 3.28. The van der Waals surface area contributed by atoms with E-state index in [9.17, 15) is 4.79 Å². The zero-order chi connectivity index (χ0) is 22.8. The van der Waals surface area contributed by atoms with E-state index in [2.05, 4.69) is 10.3 Å². The van der Waals surface area contributed by atoms with Gasteiger partial charge in [0.25, 0.3) is 5.91 Å². The predicted molar refractivity (Wildman–Crippen MR) is 134 cm³/mol. The predicted octanol–water partition coefficient (Wildman–Crippen LogP) is 5.88.